The molecule has 0 fully saturated rings. The highest BCUT2D eigenvalue weighted by Crippen LogP contribution is 2.10. The molecular formula is C10H13N. The Bertz CT molecular complexity index is 263. The fourth-order valence-corrected chi connectivity index (χ4v) is 0.977. The van der Waals surface area contributed by atoms with Gasteiger partial charge in [-0.3, -0.25) is 0 Å². The van der Waals surface area contributed by atoms with Gasteiger partial charge in [0.1, 0.15) is 0 Å². The third kappa shape index (κ3) is 1.84. The highest BCUT2D eigenvalue weighted by Gasteiger charge is 1.93. The van der Waals surface area contributed by atoms with Gasteiger partial charge in [-0.2, -0.15) is 0 Å². The van der Waals surface area contributed by atoms with E-state index in [9.17, 15) is 0 Å². The number of hydrogen-bond donors (Lipinski definition) is 1. The van der Waals surface area contributed by atoms with E-state index in [2.05, 4.69) is 31.0 Å². The van der Waals surface area contributed by atoms with E-state index in [1.54, 1.807) is 0 Å². The van der Waals surface area contributed by atoms with Gasteiger partial charge in [0, 0.05) is 12.7 Å². The van der Waals surface area contributed by atoms with Crippen molar-refractivity contribution in [2.75, 3.05) is 7.05 Å². The smallest absolute Gasteiger partial charge is 0.0338 e. The first-order chi connectivity index (χ1) is 5.24. The molecule has 0 saturated heterocycles. The Morgan fingerprint density at radius 3 is 2.73 bits per heavy atom. The summed E-state index contributed by atoms with van der Waals surface area (Å²) in [6.07, 6.45) is 0. The predicted octanol–water partition coefficient (Wildman–Crippen LogP) is 2.19. The van der Waals surface area contributed by atoms with Crippen LogP contribution in [-0.4, -0.2) is 7.05 Å². The van der Waals surface area contributed by atoms with Crippen molar-refractivity contribution in [2.45, 2.75) is 6.92 Å². The molecule has 1 N–H and O–H groups in total. The molecule has 0 unspecified atom stereocenters. The second-order valence-electron chi connectivity index (χ2n) is 2.60. The van der Waals surface area contributed by atoms with Gasteiger partial charge < -0.3 is 5.32 Å². The zero-order chi connectivity index (χ0) is 8.27. The van der Waals surface area contributed by atoms with Crippen LogP contribution >= 0.6 is 0 Å². The van der Waals surface area contributed by atoms with Crippen molar-refractivity contribution in [2.24, 2.45) is 0 Å². The van der Waals surface area contributed by atoms with Crippen LogP contribution in [0.4, 0.5) is 0 Å². The number of hydrogen-bond acceptors (Lipinski definition) is 1. The second-order valence-corrected chi connectivity index (χ2v) is 2.60. The van der Waals surface area contributed by atoms with Crippen LogP contribution in [0.2, 0.25) is 0 Å². The summed E-state index contributed by atoms with van der Waals surface area (Å²) in [5.74, 6) is 0. The molecule has 0 atom stereocenters. The van der Waals surface area contributed by atoms with Gasteiger partial charge in [-0.15, -0.1) is 0 Å². The van der Waals surface area contributed by atoms with Gasteiger partial charge in [-0.25, -0.2) is 0 Å². The van der Waals surface area contributed by atoms with Gasteiger partial charge >= 0.3 is 0 Å². The highest BCUT2D eigenvalue weighted by atomic mass is 14.8. The average molecular weight is 147 g/mol. The number of nitrogens with one attached hydrogen (secondary N) is 1. The van der Waals surface area contributed by atoms with Gasteiger partial charge in [0.25, 0.3) is 0 Å². The number of benzene rings is 1. The van der Waals surface area contributed by atoms with E-state index in [1.807, 2.05) is 19.2 Å². The predicted molar refractivity (Wildman–Crippen MR) is 49.3 cm³/mol. The van der Waals surface area contributed by atoms with Crippen LogP contribution in [0.25, 0.3) is 5.70 Å². The molecule has 0 bridgehead atoms. The lowest BCUT2D eigenvalue weighted by Crippen LogP contribution is -2.02. The molecule has 0 saturated carbocycles. The minimum atomic E-state index is 0.966. The third-order valence-corrected chi connectivity index (χ3v) is 1.67. The maximum absolute atomic E-state index is 3.87. The van der Waals surface area contributed by atoms with E-state index >= 15 is 0 Å². The quantitative estimate of drug-likeness (QED) is 0.676. The molecule has 0 aliphatic rings. The fraction of sp³-hybridized carbons (Fsp3) is 0.200. The number of rotatable bonds is 2. The van der Waals surface area contributed by atoms with Crippen LogP contribution in [-0.2, 0) is 0 Å². The maximum atomic E-state index is 3.87. The molecule has 11 heavy (non-hydrogen) atoms. The maximum Gasteiger partial charge on any atom is 0.0338 e. The van der Waals surface area contributed by atoms with Crippen molar-refractivity contribution in [1.29, 1.82) is 0 Å². The summed E-state index contributed by atoms with van der Waals surface area (Å²) in [5.41, 5.74) is 3.39. The molecule has 58 valence electrons. The molecule has 0 aliphatic carbocycles. The van der Waals surface area contributed by atoms with E-state index in [4.69, 9.17) is 0 Å². The summed E-state index contributed by atoms with van der Waals surface area (Å²) in [6.45, 7) is 5.95. The van der Waals surface area contributed by atoms with Crippen LogP contribution in [0.15, 0.2) is 30.8 Å². The van der Waals surface area contributed by atoms with Crippen molar-refractivity contribution in [3.63, 3.8) is 0 Å². The Morgan fingerprint density at radius 1 is 1.45 bits per heavy atom. The Balaban J connectivity index is 2.96. The lowest BCUT2D eigenvalue weighted by Gasteiger charge is -2.04. The molecule has 0 radical (unpaired) electrons. The van der Waals surface area contributed by atoms with E-state index in [0.717, 1.165) is 11.3 Å². The molecule has 0 aliphatic heterocycles. The molecular weight excluding hydrogens is 134 g/mol. The summed E-state index contributed by atoms with van der Waals surface area (Å²) < 4.78 is 0. The van der Waals surface area contributed by atoms with Crippen LogP contribution in [0.5, 0.6) is 0 Å². The zero-order valence-electron chi connectivity index (χ0n) is 7.02. The number of aryl methyl sites for hydroxylation is 1. The summed E-state index contributed by atoms with van der Waals surface area (Å²) in [6, 6.07) is 8.27. The van der Waals surface area contributed by atoms with Crippen molar-refractivity contribution >= 4 is 5.70 Å². The van der Waals surface area contributed by atoms with Gasteiger partial charge in [0.05, 0.1) is 0 Å². The van der Waals surface area contributed by atoms with Gasteiger partial charge in [0.15, 0.2) is 0 Å². The third-order valence-electron chi connectivity index (χ3n) is 1.67. The Kier molecular flexibility index (Phi) is 2.32. The molecule has 1 nitrogen and oxygen atoms in total. The molecule has 0 amide bonds. The normalized spacial score (nSPS) is 9.27. The molecule has 1 aromatic carbocycles. The van der Waals surface area contributed by atoms with Gasteiger partial charge in [0.2, 0.25) is 0 Å². The van der Waals surface area contributed by atoms with Gasteiger partial charge in [-0.1, -0.05) is 30.3 Å². The van der Waals surface area contributed by atoms with E-state index in [0.29, 0.717) is 0 Å². The van der Waals surface area contributed by atoms with Gasteiger partial charge in [-0.05, 0) is 18.6 Å². The largest absolute Gasteiger partial charge is 0.388 e. The molecule has 0 heterocycles. The van der Waals surface area contributed by atoms with E-state index in [-0.39, 0.29) is 0 Å². The van der Waals surface area contributed by atoms with E-state index < -0.39 is 0 Å². The second kappa shape index (κ2) is 3.24. The van der Waals surface area contributed by atoms with Crippen LogP contribution in [0.3, 0.4) is 0 Å². The Morgan fingerprint density at radius 2 is 2.18 bits per heavy atom. The average Bonchev–Trinajstić information content (AvgIpc) is 2.03. The topological polar surface area (TPSA) is 12.0 Å². The van der Waals surface area contributed by atoms with Crippen LogP contribution < -0.4 is 5.32 Å². The zero-order valence-corrected chi connectivity index (χ0v) is 7.02. The van der Waals surface area contributed by atoms with Crippen LogP contribution in [0, 0.1) is 6.92 Å². The Labute approximate surface area is 67.8 Å². The molecule has 0 aromatic heterocycles. The summed E-state index contributed by atoms with van der Waals surface area (Å²) in [5, 5.41) is 3.01. The van der Waals surface area contributed by atoms with Crippen molar-refractivity contribution in [3.8, 4) is 0 Å². The highest BCUT2D eigenvalue weighted by molar-refractivity contribution is 5.61. The van der Waals surface area contributed by atoms with Crippen molar-refractivity contribution in [1.82, 2.24) is 5.32 Å². The van der Waals surface area contributed by atoms with Crippen molar-refractivity contribution in [3.05, 3.63) is 42.0 Å². The fourth-order valence-electron chi connectivity index (χ4n) is 0.977. The van der Waals surface area contributed by atoms with Crippen molar-refractivity contribution < 1.29 is 0 Å². The van der Waals surface area contributed by atoms with E-state index in [1.165, 1.54) is 5.56 Å². The minimum Gasteiger partial charge on any atom is -0.388 e. The summed E-state index contributed by atoms with van der Waals surface area (Å²) in [7, 11) is 1.88. The SMILES string of the molecule is C=C(NC)c1cccc(C)c1. The monoisotopic (exact) mass is 147 g/mol. The molecule has 1 aromatic rings. The molecule has 1 heteroatoms. The summed E-state index contributed by atoms with van der Waals surface area (Å²) in [4.78, 5) is 0. The lowest BCUT2D eigenvalue weighted by molar-refractivity contribution is 1.13. The molecule has 0 spiro atoms. The Hall–Kier alpha value is -1.24. The molecule has 1 rings (SSSR count). The van der Waals surface area contributed by atoms with Crippen LogP contribution in [0.1, 0.15) is 11.1 Å². The first kappa shape index (κ1) is 7.86. The first-order valence-electron chi connectivity index (χ1n) is 3.67. The summed E-state index contributed by atoms with van der Waals surface area (Å²) >= 11 is 0. The minimum absolute atomic E-state index is 0.966. The first-order valence-corrected chi connectivity index (χ1v) is 3.67. The lowest BCUT2D eigenvalue weighted by atomic mass is 10.1. The standard InChI is InChI=1S/C10H13N/c1-8-5-4-6-10(7-8)9(2)11-3/h4-7,11H,2H2,1,3H3.